The van der Waals surface area contributed by atoms with Gasteiger partial charge in [0, 0.05) is 0 Å². The van der Waals surface area contributed by atoms with Crippen LogP contribution in [0.2, 0.25) is 0 Å². The first-order chi connectivity index (χ1) is 8.31. The van der Waals surface area contributed by atoms with E-state index in [1.165, 1.54) is 44.9 Å². The molecule has 0 aromatic heterocycles. The van der Waals surface area contributed by atoms with Gasteiger partial charge in [0.05, 0.1) is 4.75 Å². The van der Waals surface area contributed by atoms with E-state index in [2.05, 4.69) is 6.92 Å². The van der Waals surface area contributed by atoms with Gasteiger partial charge in [0.1, 0.15) is 0 Å². The van der Waals surface area contributed by atoms with Gasteiger partial charge in [-0.05, 0) is 20.3 Å². The molecule has 0 atom stereocenters. The van der Waals surface area contributed by atoms with Crippen molar-refractivity contribution in [3.63, 3.8) is 0 Å². The van der Waals surface area contributed by atoms with Crippen LogP contribution in [0.4, 0.5) is 0 Å². The van der Waals surface area contributed by atoms with E-state index in [1.54, 1.807) is 13.8 Å². The fourth-order valence-electron chi connectivity index (χ4n) is 2.00. The van der Waals surface area contributed by atoms with Gasteiger partial charge in [0.25, 0.3) is 0 Å². The minimum Gasteiger partial charge on any atom is -0.228 e. The highest BCUT2D eigenvalue weighted by atomic mass is 32.2. The van der Waals surface area contributed by atoms with Crippen LogP contribution in [0.5, 0.6) is 0 Å². The Morgan fingerprint density at radius 2 is 1.22 bits per heavy atom. The van der Waals surface area contributed by atoms with Crippen molar-refractivity contribution < 1.29 is 8.42 Å². The number of primary sulfonamides is 1. The summed E-state index contributed by atoms with van der Waals surface area (Å²) in [6, 6.07) is 0. The lowest BCUT2D eigenvalue weighted by molar-refractivity contribution is 0.494. The monoisotopic (exact) mass is 277 g/mol. The quantitative estimate of drug-likeness (QED) is 0.581. The van der Waals surface area contributed by atoms with E-state index in [0.717, 1.165) is 12.8 Å². The van der Waals surface area contributed by atoms with Crippen LogP contribution in [0, 0.1) is 0 Å². The molecule has 0 aliphatic rings. The van der Waals surface area contributed by atoms with Crippen LogP contribution in [0.3, 0.4) is 0 Å². The summed E-state index contributed by atoms with van der Waals surface area (Å²) in [6.45, 7) is 5.66. The van der Waals surface area contributed by atoms with E-state index in [9.17, 15) is 8.42 Å². The van der Waals surface area contributed by atoms with E-state index in [4.69, 9.17) is 5.14 Å². The van der Waals surface area contributed by atoms with Crippen molar-refractivity contribution in [1.82, 2.24) is 0 Å². The highest BCUT2D eigenvalue weighted by Gasteiger charge is 2.29. The van der Waals surface area contributed by atoms with Crippen LogP contribution in [0.25, 0.3) is 0 Å². The van der Waals surface area contributed by atoms with Crippen molar-refractivity contribution >= 4 is 10.0 Å². The van der Waals surface area contributed by atoms with Gasteiger partial charge in [-0.3, -0.25) is 0 Å². The summed E-state index contributed by atoms with van der Waals surface area (Å²) < 4.78 is 21.8. The SMILES string of the molecule is CCCCCCCCCCCC(C)(C)S(N)(=O)=O. The number of hydrogen-bond donors (Lipinski definition) is 1. The second kappa shape index (κ2) is 8.92. The molecule has 0 aliphatic carbocycles. The van der Waals surface area contributed by atoms with E-state index in [-0.39, 0.29) is 0 Å². The topological polar surface area (TPSA) is 60.2 Å². The Morgan fingerprint density at radius 3 is 1.61 bits per heavy atom. The first-order valence-corrected chi connectivity index (χ1v) is 8.88. The molecule has 0 aliphatic heterocycles. The largest absolute Gasteiger partial charge is 0.228 e. The van der Waals surface area contributed by atoms with Crippen molar-refractivity contribution in [3.05, 3.63) is 0 Å². The van der Waals surface area contributed by atoms with Gasteiger partial charge >= 0.3 is 0 Å². The predicted octanol–water partition coefficient (Wildman–Crippen LogP) is 3.97. The van der Waals surface area contributed by atoms with Gasteiger partial charge in [-0.25, -0.2) is 13.6 Å². The lowest BCUT2D eigenvalue weighted by atomic mass is 10.0. The Labute approximate surface area is 114 Å². The smallest absolute Gasteiger partial charge is 0.214 e. The number of unbranched alkanes of at least 4 members (excludes halogenated alkanes) is 8. The molecule has 0 saturated carbocycles. The Bertz CT molecular complexity index is 297. The normalized spacial score (nSPS) is 12.9. The van der Waals surface area contributed by atoms with Crippen LogP contribution < -0.4 is 5.14 Å². The number of sulfonamides is 1. The Morgan fingerprint density at radius 1 is 0.833 bits per heavy atom. The van der Waals surface area contributed by atoms with Gasteiger partial charge in [-0.1, -0.05) is 64.7 Å². The number of nitrogens with two attached hydrogens (primary N) is 1. The lowest BCUT2D eigenvalue weighted by Gasteiger charge is -2.21. The summed E-state index contributed by atoms with van der Waals surface area (Å²) in [4.78, 5) is 0. The fraction of sp³-hybridized carbons (Fsp3) is 1.00. The van der Waals surface area contributed by atoms with Crippen LogP contribution in [0.15, 0.2) is 0 Å². The molecule has 3 nitrogen and oxygen atoms in total. The average Bonchev–Trinajstić information content (AvgIpc) is 2.25. The highest BCUT2D eigenvalue weighted by Crippen LogP contribution is 2.22. The first-order valence-electron chi connectivity index (χ1n) is 7.33. The zero-order chi connectivity index (χ0) is 14.1. The van der Waals surface area contributed by atoms with Crippen molar-refractivity contribution in [1.29, 1.82) is 0 Å². The number of rotatable bonds is 11. The van der Waals surface area contributed by atoms with Crippen LogP contribution in [0.1, 0.15) is 85.0 Å². The Hall–Kier alpha value is -0.0900. The molecule has 0 aromatic rings. The van der Waals surface area contributed by atoms with E-state index < -0.39 is 14.8 Å². The maximum atomic E-state index is 11.3. The van der Waals surface area contributed by atoms with Gasteiger partial charge < -0.3 is 0 Å². The first kappa shape index (κ1) is 17.9. The Kier molecular flexibility index (Phi) is 8.87. The highest BCUT2D eigenvalue weighted by molar-refractivity contribution is 7.90. The Balaban J connectivity index is 3.46. The molecule has 18 heavy (non-hydrogen) atoms. The molecule has 0 aromatic carbocycles. The summed E-state index contributed by atoms with van der Waals surface area (Å²) in [5.74, 6) is 0. The van der Waals surface area contributed by atoms with Gasteiger partial charge in [0.15, 0.2) is 0 Å². The summed E-state index contributed by atoms with van der Waals surface area (Å²) in [6.07, 6.45) is 11.9. The molecule has 110 valence electrons. The van der Waals surface area contributed by atoms with Crippen molar-refractivity contribution in [2.24, 2.45) is 5.14 Å². The van der Waals surface area contributed by atoms with Crippen LogP contribution in [-0.4, -0.2) is 13.2 Å². The molecule has 0 saturated heterocycles. The standard InChI is InChI=1S/C14H31NO2S/c1-4-5-6-7-8-9-10-11-12-13-14(2,3)18(15,16)17/h4-13H2,1-3H3,(H2,15,16,17). The summed E-state index contributed by atoms with van der Waals surface area (Å²) in [5, 5.41) is 5.19. The maximum Gasteiger partial charge on any atom is 0.214 e. The zero-order valence-electron chi connectivity index (χ0n) is 12.4. The minimum atomic E-state index is -3.41. The van der Waals surface area contributed by atoms with E-state index in [0.29, 0.717) is 6.42 Å². The van der Waals surface area contributed by atoms with E-state index in [1.807, 2.05) is 0 Å². The summed E-state index contributed by atoms with van der Waals surface area (Å²) in [5.41, 5.74) is 0. The van der Waals surface area contributed by atoms with Gasteiger partial charge in [0.2, 0.25) is 10.0 Å². The molecular formula is C14H31NO2S. The summed E-state index contributed by atoms with van der Waals surface area (Å²) >= 11 is 0. The minimum absolute atomic E-state index is 0.668. The predicted molar refractivity (Wildman–Crippen MR) is 79.0 cm³/mol. The molecule has 2 N–H and O–H groups in total. The molecule has 0 bridgehead atoms. The van der Waals surface area contributed by atoms with Gasteiger partial charge in [-0.15, -0.1) is 0 Å². The number of hydrogen-bond acceptors (Lipinski definition) is 2. The van der Waals surface area contributed by atoms with E-state index >= 15 is 0 Å². The molecule has 0 rings (SSSR count). The van der Waals surface area contributed by atoms with Crippen molar-refractivity contribution in [2.75, 3.05) is 0 Å². The maximum absolute atomic E-state index is 11.3. The fourth-order valence-corrected chi connectivity index (χ4v) is 2.43. The second-order valence-corrected chi connectivity index (χ2v) is 8.08. The molecule has 0 radical (unpaired) electrons. The third-order valence-electron chi connectivity index (χ3n) is 3.65. The molecule has 0 heterocycles. The molecular weight excluding hydrogens is 246 g/mol. The molecule has 4 heteroatoms. The molecule has 0 unspecified atom stereocenters. The summed E-state index contributed by atoms with van der Waals surface area (Å²) in [7, 11) is -3.41. The third kappa shape index (κ3) is 8.09. The van der Waals surface area contributed by atoms with Gasteiger partial charge in [-0.2, -0.15) is 0 Å². The molecule has 0 amide bonds. The van der Waals surface area contributed by atoms with Crippen LogP contribution in [-0.2, 0) is 10.0 Å². The van der Waals surface area contributed by atoms with Crippen molar-refractivity contribution in [3.8, 4) is 0 Å². The zero-order valence-corrected chi connectivity index (χ0v) is 13.2. The molecule has 0 fully saturated rings. The van der Waals surface area contributed by atoms with Crippen LogP contribution >= 0.6 is 0 Å². The lowest BCUT2D eigenvalue weighted by Crippen LogP contribution is -2.37. The third-order valence-corrected chi connectivity index (χ3v) is 5.40. The van der Waals surface area contributed by atoms with Crippen molar-refractivity contribution in [2.45, 2.75) is 89.7 Å². The second-order valence-electron chi connectivity index (χ2n) is 5.88. The average molecular weight is 277 g/mol. The molecule has 0 spiro atoms.